The van der Waals surface area contributed by atoms with Crippen LogP contribution in [-0.2, 0) is 70.6 Å². The number of hydrogen-bond donors (Lipinski definition) is 0. The molecule has 8 aliphatic heterocycles. The second-order valence-electron chi connectivity index (χ2n) is 26.9. The van der Waals surface area contributed by atoms with E-state index >= 15 is 0 Å². The molecule has 8 aliphatic rings. The van der Waals surface area contributed by atoms with Gasteiger partial charge in [0, 0.05) is 64.4 Å². The van der Waals surface area contributed by atoms with Gasteiger partial charge in [-0.25, -0.2) is 0 Å². The lowest BCUT2D eigenvalue weighted by atomic mass is 9.81. The fourth-order valence-corrected chi connectivity index (χ4v) is 16.3. The highest BCUT2D eigenvalue weighted by Crippen LogP contribution is 2.54. The summed E-state index contributed by atoms with van der Waals surface area (Å²) in [5.74, 6) is -1.16. The second-order valence-corrected chi connectivity index (χ2v) is 39.1. The zero-order chi connectivity index (χ0) is 56.9. The summed E-state index contributed by atoms with van der Waals surface area (Å²) >= 11 is 3.44. The molecule has 18 atom stereocenters. The minimum Gasteiger partial charge on any atom is -0.414 e. The summed E-state index contributed by atoms with van der Waals surface area (Å²) in [7, 11) is -6.81. The van der Waals surface area contributed by atoms with E-state index in [9.17, 15) is 18.0 Å². The van der Waals surface area contributed by atoms with Gasteiger partial charge in [-0.1, -0.05) is 95.3 Å². The van der Waals surface area contributed by atoms with Crippen molar-refractivity contribution in [3.05, 3.63) is 53.0 Å². The molecule has 19 heteroatoms. The third-order valence-electron chi connectivity index (χ3n) is 19.0. The van der Waals surface area contributed by atoms with Crippen LogP contribution in [0, 0.1) is 18.8 Å². The Labute approximate surface area is 477 Å². The molecule has 0 saturated carbocycles. The van der Waals surface area contributed by atoms with Gasteiger partial charge in [-0.15, -0.1) is 0 Å². The van der Waals surface area contributed by atoms with Crippen LogP contribution in [-0.4, -0.2) is 148 Å². The van der Waals surface area contributed by atoms with E-state index < -0.39 is 81.4 Å². The van der Waals surface area contributed by atoms with Crippen LogP contribution in [0.4, 0.5) is 0 Å². The van der Waals surface area contributed by atoms with Crippen molar-refractivity contribution in [3.63, 3.8) is 0 Å². The van der Waals surface area contributed by atoms with Gasteiger partial charge in [0.05, 0.1) is 72.5 Å². The van der Waals surface area contributed by atoms with E-state index in [2.05, 4.69) is 104 Å². The predicted octanol–water partition coefficient (Wildman–Crippen LogP) is 11.4. The summed E-state index contributed by atoms with van der Waals surface area (Å²) in [5, 5.41) is -0.0304. The van der Waals surface area contributed by atoms with Crippen LogP contribution in [0.25, 0.3) is 0 Å². The smallest absolute Gasteiger partial charge is 0.297 e. The van der Waals surface area contributed by atoms with E-state index in [-0.39, 0.29) is 94.6 Å². The van der Waals surface area contributed by atoms with Gasteiger partial charge in [0.2, 0.25) is 0 Å². The van der Waals surface area contributed by atoms with Gasteiger partial charge < -0.3 is 51.5 Å². The molecule has 0 spiro atoms. The summed E-state index contributed by atoms with van der Waals surface area (Å²) in [6.45, 7) is 35.6. The van der Waals surface area contributed by atoms with E-state index in [0.717, 1.165) is 23.8 Å². The van der Waals surface area contributed by atoms with E-state index in [0.29, 0.717) is 68.9 Å². The Morgan fingerprint density at radius 3 is 2.18 bits per heavy atom. The maximum Gasteiger partial charge on any atom is 0.297 e. The molecule has 1 aromatic carbocycles. The van der Waals surface area contributed by atoms with E-state index in [1.54, 1.807) is 31.4 Å². The zero-order valence-corrected chi connectivity index (χ0v) is 53.3. The molecule has 1 aromatic rings. The number of Topliss-reactive ketones (excluding diaryl/α,β-unsaturated/α-hetero) is 1. The normalized spacial score (nSPS) is 35.8. The van der Waals surface area contributed by atoms with Crippen LogP contribution in [0.5, 0.6) is 0 Å². The average molecular weight is 1210 g/mol. The van der Waals surface area contributed by atoms with Crippen LogP contribution in [0.15, 0.2) is 52.4 Å². The summed E-state index contributed by atoms with van der Waals surface area (Å²) < 4.78 is 102. The first-order valence-electron chi connectivity index (χ1n) is 28.9. The maximum atomic E-state index is 14.8. The molecule has 0 N–H and O–H groups in total. The summed E-state index contributed by atoms with van der Waals surface area (Å²) in [6, 6.07) is 6.60. The maximum absolute atomic E-state index is 14.8. The van der Waals surface area contributed by atoms with Crippen molar-refractivity contribution in [2.24, 2.45) is 11.8 Å². The SMILES string of the molecule is C=C(Br)C[C@@H](CC[C@@]12C[C@H]3O[C@H]4[C@@H](O1)[C@H]1O[C@@H](CC(=O)C[C@@H]5[C@@H](OC)[C@@H](C[C@@H](CO[Si](C)(C)C(C)(C)C)O[Si](C)(C)C(C)(C)C)O[C@H]5C[C@H]5O[C@@H](CCC=O)C[C@@H](C)C5=C)CC[C@@H]1O[C@H]4[C@H]3O2)OS(=O)(=O)c1ccc(C)cc1. The lowest BCUT2D eigenvalue weighted by molar-refractivity contribution is -0.292. The summed E-state index contributed by atoms with van der Waals surface area (Å²) in [5.41, 5.74) is 1.94. The van der Waals surface area contributed by atoms with Crippen molar-refractivity contribution in [3.8, 4) is 0 Å². The topological polar surface area (TPSA) is 170 Å². The Morgan fingerprint density at radius 1 is 0.859 bits per heavy atom. The third-order valence-corrected chi connectivity index (χ3v) is 29.7. The molecular formula is C59H93BrO15SSi2. The molecule has 78 heavy (non-hydrogen) atoms. The largest absolute Gasteiger partial charge is 0.414 e. The van der Waals surface area contributed by atoms with E-state index in [4.69, 9.17) is 50.9 Å². The number of carbonyl (C=O) groups is 2. The molecule has 15 nitrogen and oxygen atoms in total. The first-order chi connectivity index (χ1) is 36.4. The number of ketones is 1. The molecular weight excluding hydrogens is 1120 g/mol. The monoisotopic (exact) mass is 1210 g/mol. The van der Waals surface area contributed by atoms with Crippen LogP contribution >= 0.6 is 15.9 Å². The predicted molar refractivity (Wildman–Crippen MR) is 306 cm³/mol. The minimum atomic E-state index is -4.08. The number of methoxy groups -OCH3 is 1. The van der Waals surface area contributed by atoms with Gasteiger partial charge in [0.15, 0.2) is 22.4 Å². The van der Waals surface area contributed by atoms with Crippen molar-refractivity contribution in [2.45, 2.75) is 277 Å². The summed E-state index contributed by atoms with van der Waals surface area (Å²) in [6.07, 6.45) is 1.12. The van der Waals surface area contributed by atoms with Crippen LogP contribution < -0.4 is 0 Å². The van der Waals surface area contributed by atoms with Gasteiger partial charge in [-0.2, -0.15) is 8.42 Å². The Morgan fingerprint density at radius 2 is 1.53 bits per heavy atom. The number of rotatable bonds is 25. The van der Waals surface area contributed by atoms with E-state index in [1.807, 2.05) is 6.92 Å². The van der Waals surface area contributed by atoms with Crippen LogP contribution in [0.1, 0.15) is 138 Å². The molecule has 0 aromatic heterocycles. The molecule has 0 unspecified atom stereocenters. The molecule has 9 rings (SSSR count). The number of hydrogen-bond acceptors (Lipinski definition) is 15. The Kier molecular flexibility index (Phi) is 19.7. The molecule has 8 heterocycles. The average Bonchev–Trinajstić information content (AvgIpc) is 4.00. The number of fused-ring (bicyclic) bond motifs is 1. The van der Waals surface area contributed by atoms with Gasteiger partial charge in [-0.3, -0.25) is 8.98 Å². The summed E-state index contributed by atoms with van der Waals surface area (Å²) in [4.78, 5) is 26.3. The van der Waals surface area contributed by atoms with Gasteiger partial charge >= 0.3 is 0 Å². The molecule has 0 amide bonds. The molecule has 8 fully saturated rings. The third kappa shape index (κ3) is 14.2. The molecule has 6 bridgehead atoms. The van der Waals surface area contributed by atoms with Gasteiger partial charge in [-0.05, 0) is 103 Å². The second kappa shape index (κ2) is 24.6. The van der Waals surface area contributed by atoms with Gasteiger partial charge in [0.1, 0.15) is 42.6 Å². The Hall–Kier alpha value is -1.54. The fraction of sp³-hybridized carbons (Fsp3) is 0.797. The number of aldehydes is 1. The molecule has 440 valence electrons. The molecule has 0 radical (unpaired) electrons. The quantitative estimate of drug-likeness (QED) is 0.0392. The molecule has 8 saturated heterocycles. The first kappa shape index (κ1) is 62.5. The lowest BCUT2D eigenvalue weighted by Gasteiger charge is -2.47. The van der Waals surface area contributed by atoms with Crippen molar-refractivity contribution < 1.29 is 68.9 Å². The van der Waals surface area contributed by atoms with Crippen molar-refractivity contribution >= 4 is 54.8 Å². The van der Waals surface area contributed by atoms with E-state index in [1.165, 1.54) is 0 Å². The van der Waals surface area contributed by atoms with Crippen LogP contribution in [0.3, 0.4) is 0 Å². The van der Waals surface area contributed by atoms with Crippen LogP contribution in [0.2, 0.25) is 36.3 Å². The highest BCUT2D eigenvalue weighted by Gasteiger charge is 2.69. The standard InChI is InChI=1S/C59H93BrO15SSi2/c1-35-18-21-44(22-19-35)76(63,64)74-42(28-37(3)60)24-25-59-33-50-53(72-59)54-55(71-50)56(73-59)52-46(70-54)23-20-41(68-52)29-39(62)30-45-48(32-47-38(4)36(2)27-40(67-47)17-16-26-61)69-49(51(45)65-11)31-43(75-78(14,15)58(8,9)10)34-66-77(12,13)57(5,6)7/h18-19,21-22,26,36,40-43,45-56H,3-4,16-17,20,23-25,27-34H2,1-2,5-15H3/t36-,40+,41-,42-,43+,45+,46+,47-,48+,49-,50-,51-,52+,53+,54+,55-,56+,59+/m1/s1. The number of ether oxygens (including phenoxy) is 8. The van der Waals surface area contributed by atoms with Crippen molar-refractivity contribution in [1.82, 2.24) is 0 Å². The Balaban J connectivity index is 0.983. The number of halogens is 1. The zero-order valence-electron chi connectivity index (χ0n) is 48.9. The first-order valence-corrected chi connectivity index (χ1v) is 36.9. The minimum absolute atomic E-state index is 0.00984. The Bertz CT molecular complexity index is 2390. The van der Waals surface area contributed by atoms with Crippen molar-refractivity contribution in [1.29, 1.82) is 0 Å². The van der Waals surface area contributed by atoms with Gasteiger partial charge in [0.25, 0.3) is 10.1 Å². The molecule has 0 aliphatic carbocycles. The van der Waals surface area contributed by atoms with Crippen molar-refractivity contribution in [2.75, 3.05) is 13.7 Å². The number of benzene rings is 1. The number of carbonyl (C=O) groups excluding carboxylic acids is 2. The highest BCUT2D eigenvalue weighted by atomic mass is 79.9. The number of aryl methyl sites for hydroxylation is 1. The lowest BCUT2D eigenvalue weighted by Crippen LogP contribution is -2.61. The highest BCUT2D eigenvalue weighted by molar-refractivity contribution is 9.11. The fourth-order valence-electron chi connectivity index (χ4n) is 12.5.